The molecule has 1 aliphatic heterocycles. The molecule has 0 spiro atoms. The highest BCUT2D eigenvalue weighted by atomic mass is 16.4. The van der Waals surface area contributed by atoms with Crippen LogP contribution in [0.1, 0.15) is 12.1 Å². The zero-order chi connectivity index (χ0) is 9.97. The van der Waals surface area contributed by atoms with Crippen molar-refractivity contribution < 1.29 is 9.90 Å². The third kappa shape index (κ3) is 1.64. The second kappa shape index (κ2) is 3.57. The van der Waals surface area contributed by atoms with Crippen molar-refractivity contribution >= 4 is 11.7 Å². The van der Waals surface area contributed by atoms with Crippen LogP contribution in [0.5, 0.6) is 0 Å². The Bertz CT molecular complexity index is 379. The van der Waals surface area contributed by atoms with Crippen LogP contribution in [0, 0.1) is 0 Å². The number of aliphatic carboxylic acids is 1. The molecule has 2 N–H and O–H groups in total. The van der Waals surface area contributed by atoms with Gasteiger partial charge in [0.05, 0.1) is 17.8 Å². The number of carboxylic acids is 1. The summed E-state index contributed by atoms with van der Waals surface area (Å²) in [7, 11) is 0. The van der Waals surface area contributed by atoms with Crippen molar-refractivity contribution in [3.05, 3.63) is 30.1 Å². The lowest BCUT2D eigenvalue weighted by atomic mass is 10.2. The maximum atomic E-state index is 10.4. The zero-order valence-electron chi connectivity index (χ0n) is 7.73. The maximum absolute atomic E-state index is 10.4. The fourth-order valence-electron chi connectivity index (χ4n) is 1.62. The summed E-state index contributed by atoms with van der Waals surface area (Å²) in [6.45, 7) is 1.79. The maximum Gasteiger partial charge on any atom is 0.307 e. The van der Waals surface area contributed by atoms with Gasteiger partial charge in [0.25, 0.3) is 0 Å². The van der Waals surface area contributed by atoms with Crippen molar-refractivity contribution in [1.82, 2.24) is 9.88 Å². The van der Waals surface area contributed by atoms with Crippen molar-refractivity contribution in [3.8, 4) is 0 Å². The molecule has 0 saturated heterocycles. The molecule has 0 bridgehead atoms. The third-order valence-electron chi connectivity index (χ3n) is 2.25. The van der Waals surface area contributed by atoms with Gasteiger partial charge in [-0.15, -0.1) is 0 Å². The predicted octanol–water partition coefficient (Wildman–Crippen LogP) is 0.907. The summed E-state index contributed by atoms with van der Waals surface area (Å²) in [6.07, 6.45) is 3.78. The van der Waals surface area contributed by atoms with Gasteiger partial charge in [-0.3, -0.25) is 4.79 Å². The number of carbonyl (C=O) groups is 1. The van der Waals surface area contributed by atoms with Crippen LogP contribution in [0.2, 0.25) is 0 Å². The molecule has 0 amide bonds. The second-order valence-electron chi connectivity index (χ2n) is 3.23. The molecule has 4 nitrogen and oxygen atoms in total. The minimum atomic E-state index is -0.803. The van der Waals surface area contributed by atoms with Crippen molar-refractivity contribution in [1.29, 1.82) is 0 Å². The number of rotatable bonds is 2. The molecule has 4 heteroatoms. The molecule has 2 rings (SSSR count). The Morgan fingerprint density at radius 3 is 3.36 bits per heavy atom. The number of hydrogen-bond acceptors (Lipinski definition) is 2. The van der Waals surface area contributed by atoms with E-state index in [0.29, 0.717) is 0 Å². The molecule has 2 heterocycles. The molecule has 1 aromatic heterocycles. The second-order valence-corrected chi connectivity index (χ2v) is 3.23. The molecule has 0 fully saturated rings. The van der Waals surface area contributed by atoms with Crippen molar-refractivity contribution in [2.45, 2.75) is 13.0 Å². The minimum absolute atomic E-state index is 0.0630. The highest BCUT2D eigenvalue weighted by Gasteiger charge is 2.11. The van der Waals surface area contributed by atoms with Crippen molar-refractivity contribution in [2.24, 2.45) is 0 Å². The summed E-state index contributed by atoms with van der Waals surface area (Å²) in [5, 5.41) is 11.8. The first-order chi connectivity index (χ1) is 6.77. The molecule has 0 radical (unpaired) electrons. The third-order valence-corrected chi connectivity index (χ3v) is 2.25. The summed E-state index contributed by atoms with van der Waals surface area (Å²) < 4.78 is 2.12. The number of aromatic nitrogens is 1. The van der Waals surface area contributed by atoms with Crippen LogP contribution in [-0.4, -0.2) is 22.2 Å². The van der Waals surface area contributed by atoms with Crippen LogP contribution >= 0.6 is 0 Å². The van der Waals surface area contributed by atoms with Gasteiger partial charge in [0.15, 0.2) is 0 Å². The van der Waals surface area contributed by atoms with E-state index in [-0.39, 0.29) is 6.42 Å². The Morgan fingerprint density at radius 2 is 2.57 bits per heavy atom. The lowest BCUT2D eigenvalue weighted by Crippen LogP contribution is -2.26. The highest BCUT2D eigenvalue weighted by molar-refractivity contribution is 5.73. The van der Waals surface area contributed by atoms with Gasteiger partial charge in [-0.05, 0) is 18.2 Å². The van der Waals surface area contributed by atoms with E-state index >= 15 is 0 Å². The van der Waals surface area contributed by atoms with Gasteiger partial charge < -0.3 is 15.0 Å². The highest BCUT2D eigenvalue weighted by Crippen LogP contribution is 2.16. The summed E-state index contributed by atoms with van der Waals surface area (Å²) in [5.41, 5.74) is 1.99. The van der Waals surface area contributed by atoms with E-state index < -0.39 is 5.97 Å². The first-order valence-corrected chi connectivity index (χ1v) is 4.59. The van der Waals surface area contributed by atoms with E-state index in [4.69, 9.17) is 5.11 Å². The number of nitrogens with zero attached hydrogens (tertiary/aromatic N) is 1. The number of fused-ring (bicyclic) bond motifs is 1. The number of nitrogens with one attached hydrogen (secondary N) is 1. The summed E-state index contributed by atoms with van der Waals surface area (Å²) >= 11 is 0. The zero-order valence-corrected chi connectivity index (χ0v) is 7.73. The molecular weight excluding hydrogens is 180 g/mol. The normalized spacial score (nSPS) is 17.6. The Balaban J connectivity index is 2.23. The molecule has 1 aromatic rings. The van der Waals surface area contributed by atoms with E-state index in [1.807, 2.05) is 18.3 Å². The molecule has 14 heavy (non-hydrogen) atoms. The fraction of sp³-hybridized carbons (Fsp3) is 0.300. The lowest BCUT2D eigenvalue weighted by molar-refractivity contribution is -0.135. The fourth-order valence-corrected chi connectivity index (χ4v) is 1.62. The molecule has 0 aromatic carbocycles. The Hall–Kier alpha value is -1.71. The van der Waals surface area contributed by atoms with Crippen LogP contribution in [0.25, 0.3) is 5.70 Å². The summed E-state index contributed by atoms with van der Waals surface area (Å²) in [5.74, 6) is -0.803. The Kier molecular flexibility index (Phi) is 2.26. The van der Waals surface area contributed by atoms with Gasteiger partial charge >= 0.3 is 5.97 Å². The quantitative estimate of drug-likeness (QED) is 0.732. The number of carboxylic acid groups (broad SMARTS) is 1. The first kappa shape index (κ1) is 8.87. The largest absolute Gasteiger partial charge is 0.481 e. The topological polar surface area (TPSA) is 54.3 Å². The summed E-state index contributed by atoms with van der Waals surface area (Å²) in [4.78, 5) is 10.4. The summed E-state index contributed by atoms with van der Waals surface area (Å²) in [6, 6.07) is 3.96. The van der Waals surface area contributed by atoms with Gasteiger partial charge in [-0.2, -0.15) is 0 Å². The van der Waals surface area contributed by atoms with E-state index in [1.165, 1.54) is 0 Å². The standard InChI is InChI=1S/C10H12N2O2/c13-10(14)4-3-8-9-2-1-6-12(9)7-5-11-8/h1-3,6,11H,4-5,7H2,(H,13,14). The van der Waals surface area contributed by atoms with E-state index in [9.17, 15) is 4.79 Å². The average molecular weight is 192 g/mol. The molecular formula is C10H12N2O2. The smallest absolute Gasteiger partial charge is 0.307 e. The average Bonchev–Trinajstić information content (AvgIpc) is 2.62. The van der Waals surface area contributed by atoms with Gasteiger partial charge in [0.2, 0.25) is 0 Å². The monoisotopic (exact) mass is 192 g/mol. The van der Waals surface area contributed by atoms with Crippen molar-refractivity contribution in [2.75, 3.05) is 6.54 Å². The van der Waals surface area contributed by atoms with Crippen LogP contribution < -0.4 is 5.32 Å². The Morgan fingerprint density at radius 1 is 1.71 bits per heavy atom. The molecule has 0 atom stereocenters. The molecule has 74 valence electrons. The SMILES string of the molecule is O=C(O)CC=C1NCCn2cccc21. The molecule has 0 aliphatic carbocycles. The van der Waals surface area contributed by atoms with Gasteiger partial charge in [0.1, 0.15) is 0 Å². The van der Waals surface area contributed by atoms with Crippen LogP contribution in [0.15, 0.2) is 24.4 Å². The molecule has 0 saturated carbocycles. The van der Waals surface area contributed by atoms with Gasteiger partial charge in [0, 0.05) is 19.3 Å². The van der Waals surface area contributed by atoms with E-state index in [2.05, 4.69) is 9.88 Å². The van der Waals surface area contributed by atoms with Crippen LogP contribution in [0.4, 0.5) is 0 Å². The van der Waals surface area contributed by atoms with Gasteiger partial charge in [-0.25, -0.2) is 0 Å². The molecule has 1 aliphatic rings. The van der Waals surface area contributed by atoms with Gasteiger partial charge in [-0.1, -0.05) is 0 Å². The van der Waals surface area contributed by atoms with Crippen LogP contribution in [0.3, 0.4) is 0 Å². The predicted molar refractivity (Wildman–Crippen MR) is 52.7 cm³/mol. The minimum Gasteiger partial charge on any atom is -0.481 e. The first-order valence-electron chi connectivity index (χ1n) is 4.59. The van der Waals surface area contributed by atoms with Crippen molar-refractivity contribution in [3.63, 3.8) is 0 Å². The van der Waals surface area contributed by atoms with E-state index in [0.717, 1.165) is 24.5 Å². The van der Waals surface area contributed by atoms with E-state index in [1.54, 1.807) is 6.08 Å². The molecule has 0 unspecified atom stereocenters. The van der Waals surface area contributed by atoms with Crippen LogP contribution in [-0.2, 0) is 11.3 Å². The number of hydrogen-bond donors (Lipinski definition) is 2. The lowest BCUT2D eigenvalue weighted by Gasteiger charge is -2.20. The Labute approximate surface area is 81.9 Å².